The summed E-state index contributed by atoms with van der Waals surface area (Å²) in [5.41, 5.74) is 3.03. The van der Waals surface area contributed by atoms with Crippen molar-refractivity contribution in [3.05, 3.63) is 29.3 Å². The van der Waals surface area contributed by atoms with Crippen LogP contribution in [0.4, 0.5) is 5.69 Å². The van der Waals surface area contributed by atoms with Gasteiger partial charge in [-0.15, -0.1) is 0 Å². The molecule has 10 heteroatoms. The molecule has 1 aliphatic rings. The van der Waals surface area contributed by atoms with E-state index in [1.165, 1.54) is 17.0 Å². The molecule has 1 atom stereocenters. The Hall–Kier alpha value is -2.23. The van der Waals surface area contributed by atoms with E-state index in [4.69, 9.17) is 28.9 Å². The fourth-order valence-electron chi connectivity index (χ4n) is 2.41. The van der Waals surface area contributed by atoms with Crippen LogP contribution in [-0.4, -0.2) is 57.5 Å². The lowest BCUT2D eigenvalue weighted by atomic mass is 10.2. The first-order valence-corrected chi connectivity index (χ1v) is 8.68. The molecule has 0 radical (unpaired) electrons. The van der Waals surface area contributed by atoms with Crippen molar-refractivity contribution in [2.45, 2.75) is 25.3 Å². The number of aliphatic hydroxyl groups is 1. The highest BCUT2D eigenvalue weighted by Crippen LogP contribution is 2.19. The third kappa shape index (κ3) is 4.90. The van der Waals surface area contributed by atoms with Crippen LogP contribution in [0.2, 0.25) is 5.02 Å². The van der Waals surface area contributed by atoms with Crippen molar-refractivity contribution in [3.63, 3.8) is 0 Å². The maximum absolute atomic E-state index is 12.4. The largest absolute Gasteiger partial charge is 0.396 e. The number of halogens is 1. The van der Waals surface area contributed by atoms with E-state index in [0.29, 0.717) is 10.7 Å². The first-order valence-electron chi connectivity index (χ1n) is 7.90. The number of amides is 3. The Kier molecular flexibility index (Phi) is 6.90. The van der Waals surface area contributed by atoms with Gasteiger partial charge in [-0.1, -0.05) is 17.7 Å². The summed E-state index contributed by atoms with van der Waals surface area (Å²) in [6.07, 6.45) is 0.168. The van der Waals surface area contributed by atoms with Crippen LogP contribution in [0.25, 0.3) is 0 Å². The predicted octanol–water partition coefficient (Wildman–Crippen LogP) is 0.900. The number of carbonyl (C=O) groups excluding carboxylic acids is 3. The summed E-state index contributed by atoms with van der Waals surface area (Å²) in [6, 6.07) is 5.68. The number of hydrogen-bond acceptors (Lipinski definition) is 5. The van der Waals surface area contributed by atoms with Crippen LogP contribution in [-0.2, 0) is 14.4 Å². The monoisotopic (exact) mass is 398 g/mol. The molecule has 1 aromatic carbocycles. The van der Waals surface area contributed by atoms with Crippen LogP contribution in [0.5, 0.6) is 0 Å². The van der Waals surface area contributed by atoms with Gasteiger partial charge < -0.3 is 10.4 Å². The van der Waals surface area contributed by atoms with E-state index in [2.05, 4.69) is 10.7 Å². The second-order valence-corrected chi connectivity index (χ2v) is 6.49. The Morgan fingerprint density at radius 2 is 2.08 bits per heavy atom. The van der Waals surface area contributed by atoms with Gasteiger partial charge in [0.25, 0.3) is 5.91 Å². The molecule has 0 aliphatic carbocycles. The van der Waals surface area contributed by atoms with E-state index in [0.717, 1.165) is 0 Å². The zero-order chi connectivity index (χ0) is 19.3. The van der Waals surface area contributed by atoms with Gasteiger partial charge in [-0.3, -0.25) is 24.7 Å². The fourth-order valence-corrected chi connectivity index (χ4v) is 2.86. The van der Waals surface area contributed by atoms with Gasteiger partial charge in [-0.2, -0.15) is 0 Å². The molecule has 3 amide bonds. The number of aliphatic hydroxyl groups excluding tert-OH is 1. The number of likely N-dealkylation sites (N-methyl/N-ethyl adjacent to an activating group) is 1. The fraction of sp³-hybridized carbons (Fsp3) is 0.375. The quantitative estimate of drug-likeness (QED) is 0.590. The Labute approximate surface area is 161 Å². The summed E-state index contributed by atoms with van der Waals surface area (Å²) in [5, 5.41) is 13.2. The van der Waals surface area contributed by atoms with Crippen molar-refractivity contribution in [1.29, 1.82) is 0 Å². The Balaban J connectivity index is 2.05. The highest BCUT2D eigenvalue weighted by atomic mass is 35.5. The second-order valence-electron chi connectivity index (χ2n) is 5.69. The molecule has 1 unspecified atom stereocenters. The molecule has 1 aliphatic heterocycles. The van der Waals surface area contributed by atoms with Crippen molar-refractivity contribution >= 4 is 52.3 Å². The number of benzene rings is 1. The molecule has 1 saturated heterocycles. The minimum absolute atomic E-state index is 0.0783. The Morgan fingerprint density at radius 3 is 2.73 bits per heavy atom. The Morgan fingerprint density at radius 1 is 1.35 bits per heavy atom. The summed E-state index contributed by atoms with van der Waals surface area (Å²) < 4.78 is 0. The predicted molar refractivity (Wildman–Crippen MR) is 100 cm³/mol. The number of anilines is 1. The van der Waals surface area contributed by atoms with Crippen LogP contribution in [0.15, 0.2) is 24.3 Å². The van der Waals surface area contributed by atoms with Gasteiger partial charge in [0.15, 0.2) is 5.11 Å². The van der Waals surface area contributed by atoms with Crippen LogP contribution in [0.3, 0.4) is 0 Å². The average Bonchev–Trinajstić information content (AvgIpc) is 2.78. The number of hydrazine groups is 1. The van der Waals surface area contributed by atoms with Gasteiger partial charge >= 0.3 is 0 Å². The maximum atomic E-state index is 12.4. The van der Waals surface area contributed by atoms with Crippen LogP contribution in [0, 0.1) is 0 Å². The summed E-state index contributed by atoms with van der Waals surface area (Å²) in [7, 11) is 1.48. The molecule has 2 rings (SSSR count). The number of thiocarbonyl (C=S) groups is 1. The van der Waals surface area contributed by atoms with E-state index >= 15 is 0 Å². The minimum Gasteiger partial charge on any atom is -0.396 e. The normalized spacial score (nSPS) is 16.8. The third-order valence-electron chi connectivity index (χ3n) is 3.71. The minimum atomic E-state index is -0.940. The number of rotatable bonds is 7. The van der Waals surface area contributed by atoms with Crippen LogP contribution in [0.1, 0.15) is 19.3 Å². The molecule has 0 aromatic heterocycles. The SMILES string of the molecule is CN1C(=O)C(CC(=O)Nc2cccc(Cl)c2)N(NC(=O)CCCO)C1=S. The molecule has 1 fully saturated rings. The molecular weight excluding hydrogens is 380 g/mol. The average molecular weight is 399 g/mol. The Bertz CT molecular complexity index is 730. The summed E-state index contributed by atoms with van der Waals surface area (Å²) in [4.78, 5) is 37.8. The number of carbonyl (C=O) groups is 3. The van der Waals surface area contributed by atoms with Crippen molar-refractivity contribution in [2.75, 3.05) is 19.0 Å². The van der Waals surface area contributed by atoms with Gasteiger partial charge in [0, 0.05) is 30.8 Å². The molecule has 140 valence electrons. The first-order chi connectivity index (χ1) is 12.3. The molecule has 0 saturated carbocycles. The highest BCUT2D eigenvalue weighted by Gasteiger charge is 2.42. The van der Waals surface area contributed by atoms with Gasteiger partial charge in [0.2, 0.25) is 11.8 Å². The van der Waals surface area contributed by atoms with Crippen molar-refractivity contribution < 1.29 is 19.5 Å². The topological polar surface area (TPSA) is 102 Å². The molecule has 1 aromatic rings. The maximum Gasteiger partial charge on any atom is 0.253 e. The van der Waals surface area contributed by atoms with Gasteiger partial charge in [-0.25, -0.2) is 5.01 Å². The second kappa shape index (κ2) is 8.93. The lowest BCUT2D eigenvalue weighted by Gasteiger charge is -2.24. The summed E-state index contributed by atoms with van der Waals surface area (Å²) >= 11 is 11.0. The molecular formula is C16H19ClN4O4S. The van der Waals surface area contributed by atoms with Gasteiger partial charge in [0.1, 0.15) is 6.04 Å². The van der Waals surface area contributed by atoms with E-state index in [9.17, 15) is 14.4 Å². The van der Waals surface area contributed by atoms with Crippen molar-refractivity contribution in [1.82, 2.24) is 15.3 Å². The van der Waals surface area contributed by atoms with Crippen molar-refractivity contribution in [2.24, 2.45) is 0 Å². The summed E-state index contributed by atoms with van der Waals surface area (Å²) in [5.74, 6) is -1.21. The number of hydrogen-bond donors (Lipinski definition) is 3. The van der Waals surface area contributed by atoms with E-state index in [1.807, 2.05) is 0 Å². The molecule has 0 bridgehead atoms. The smallest absolute Gasteiger partial charge is 0.253 e. The number of nitrogens with one attached hydrogen (secondary N) is 2. The third-order valence-corrected chi connectivity index (χ3v) is 4.42. The zero-order valence-corrected chi connectivity index (χ0v) is 15.6. The highest BCUT2D eigenvalue weighted by molar-refractivity contribution is 7.80. The van der Waals surface area contributed by atoms with Crippen LogP contribution < -0.4 is 10.7 Å². The molecule has 26 heavy (non-hydrogen) atoms. The van der Waals surface area contributed by atoms with Gasteiger partial charge in [0.05, 0.1) is 6.42 Å². The van der Waals surface area contributed by atoms with Crippen molar-refractivity contribution in [3.8, 4) is 0 Å². The van der Waals surface area contributed by atoms with Gasteiger partial charge in [-0.05, 0) is 36.8 Å². The first kappa shape index (κ1) is 20.1. The lowest BCUT2D eigenvalue weighted by molar-refractivity contribution is -0.132. The summed E-state index contributed by atoms with van der Waals surface area (Å²) in [6.45, 7) is -0.123. The van der Waals surface area contributed by atoms with E-state index in [-0.39, 0.29) is 31.0 Å². The lowest BCUT2D eigenvalue weighted by Crippen LogP contribution is -2.49. The zero-order valence-electron chi connectivity index (χ0n) is 14.1. The molecule has 3 N–H and O–H groups in total. The van der Waals surface area contributed by atoms with Crippen LogP contribution >= 0.6 is 23.8 Å². The molecule has 1 heterocycles. The van der Waals surface area contributed by atoms with E-state index < -0.39 is 23.8 Å². The van der Waals surface area contributed by atoms with E-state index in [1.54, 1.807) is 24.3 Å². The molecule has 0 spiro atoms. The molecule has 8 nitrogen and oxygen atoms in total. The standard InChI is InChI=1S/C16H19ClN4O4S/c1-20-15(25)12(21(16(20)26)19-13(23)6-3-7-22)9-14(24)18-11-5-2-4-10(17)8-11/h2,4-5,8,12,22H,3,6-7,9H2,1H3,(H,18,24)(H,19,23). The number of nitrogens with zero attached hydrogens (tertiary/aromatic N) is 2.